The highest BCUT2D eigenvalue weighted by Gasteiger charge is 2.44. The molecule has 60 heavy (non-hydrogen) atoms. The largest absolute Gasteiger partial charge is 0.341 e. The molecule has 0 saturated heterocycles. The van der Waals surface area contributed by atoms with E-state index in [0.717, 1.165) is 13.0 Å². The molecule has 0 atom stereocenters. The van der Waals surface area contributed by atoms with Crippen molar-refractivity contribution in [1.82, 2.24) is 0 Å². The standard InChI is InChI=1S/C58H50N2/c1-57(2)50-35-39(22-28-46(50)47-30-26-44(37-51(47)57)59-34-12-16-41-13-4-7-17-54(41)59)20-21-40-23-29-48-49-31-27-45(38-53(49)58(52(48)36-40)32-10-3-11-33-58)60-55-18-8-5-14-42(55)24-25-43-15-6-9-19-56(43)60/h4-9,13-15,17-31,35-38H,3,10-12,16,32-34H2,1-2H3. The summed E-state index contributed by atoms with van der Waals surface area (Å²) >= 11 is 0. The highest BCUT2D eigenvalue weighted by atomic mass is 15.2. The summed E-state index contributed by atoms with van der Waals surface area (Å²) in [6.45, 7) is 5.89. The number of aryl methyl sites for hydroxylation is 1. The zero-order valence-electron chi connectivity index (χ0n) is 34.7. The number of nitrogens with zero attached hydrogens (tertiary/aromatic N) is 2. The molecule has 2 heterocycles. The summed E-state index contributed by atoms with van der Waals surface area (Å²) in [5.41, 5.74) is 24.2. The van der Waals surface area contributed by atoms with Gasteiger partial charge in [0.1, 0.15) is 0 Å². The van der Waals surface area contributed by atoms with Crippen molar-refractivity contribution in [2.45, 2.75) is 69.6 Å². The zero-order valence-corrected chi connectivity index (χ0v) is 34.7. The van der Waals surface area contributed by atoms with E-state index < -0.39 is 0 Å². The number of benzene rings is 7. The van der Waals surface area contributed by atoms with Gasteiger partial charge in [-0.3, -0.25) is 0 Å². The molecule has 1 spiro atoms. The van der Waals surface area contributed by atoms with E-state index in [9.17, 15) is 0 Å². The van der Waals surface area contributed by atoms with Crippen LogP contribution in [0.3, 0.4) is 0 Å². The first kappa shape index (κ1) is 35.6. The Morgan fingerprint density at radius 2 is 0.983 bits per heavy atom. The second kappa shape index (κ2) is 13.6. The van der Waals surface area contributed by atoms with E-state index in [0.29, 0.717) is 0 Å². The topological polar surface area (TPSA) is 6.48 Å². The van der Waals surface area contributed by atoms with Gasteiger partial charge in [-0.05, 0) is 140 Å². The Bertz CT molecular complexity index is 2890. The third-order valence-corrected chi connectivity index (χ3v) is 14.7. The molecule has 3 aliphatic carbocycles. The molecule has 0 amide bonds. The number of para-hydroxylation sites is 3. The summed E-state index contributed by atoms with van der Waals surface area (Å²) in [6.07, 6.45) is 17.8. The van der Waals surface area contributed by atoms with Crippen LogP contribution in [0.4, 0.5) is 28.4 Å². The van der Waals surface area contributed by atoms with Gasteiger partial charge in [-0.1, -0.05) is 161 Å². The lowest BCUT2D eigenvalue weighted by molar-refractivity contribution is 0.353. The summed E-state index contributed by atoms with van der Waals surface area (Å²) in [7, 11) is 0. The van der Waals surface area contributed by atoms with Crippen LogP contribution in [0, 0.1) is 0 Å². The SMILES string of the molecule is CC1(C)c2cc(C=Cc3ccc4c(c3)C3(CCCCC3)c3cc(N5c6ccccc6C=Cc6ccccc65)ccc3-4)ccc2-c2ccc(N3CCCc4ccccc43)cc21. The normalized spacial score (nSPS) is 17.4. The van der Waals surface area contributed by atoms with Crippen LogP contribution in [0.2, 0.25) is 0 Å². The highest BCUT2D eigenvalue weighted by molar-refractivity contribution is 5.95. The third kappa shape index (κ3) is 5.39. The van der Waals surface area contributed by atoms with Crippen LogP contribution in [-0.2, 0) is 17.3 Å². The summed E-state index contributed by atoms with van der Waals surface area (Å²) in [6, 6.07) is 55.5. The van der Waals surface area contributed by atoms with Crippen molar-refractivity contribution in [2.75, 3.05) is 16.3 Å². The van der Waals surface area contributed by atoms with Gasteiger partial charge < -0.3 is 9.80 Å². The van der Waals surface area contributed by atoms with E-state index in [1.807, 2.05) is 0 Å². The molecular weight excluding hydrogens is 725 g/mol. The summed E-state index contributed by atoms with van der Waals surface area (Å²) in [5.74, 6) is 0. The van der Waals surface area contributed by atoms with Gasteiger partial charge in [0.25, 0.3) is 0 Å². The van der Waals surface area contributed by atoms with Gasteiger partial charge in [0.15, 0.2) is 0 Å². The summed E-state index contributed by atoms with van der Waals surface area (Å²) < 4.78 is 0. The van der Waals surface area contributed by atoms with E-state index >= 15 is 0 Å². The molecule has 0 unspecified atom stereocenters. The van der Waals surface area contributed by atoms with Crippen LogP contribution >= 0.6 is 0 Å². The lowest BCUT2D eigenvalue weighted by Gasteiger charge is -2.37. The van der Waals surface area contributed by atoms with Gasteiger partial charge in [0.05, 0.1) is 11.4 Å². The molecule has 7 aromatic carbocycles. The maximum atomic E-state index is 2.55. The van der Waals surface area contributed by atoms with Crippen LogP contribution < -0.4 is 9.80 Å². The van der Waals surface area contributed by atoms with Gasteiger partial charge in [-0.2, -0.15) is 0 Å². The van der Waals surface area contributed by atoms with Crippen molar-refractivity contribution in [3.63, 3.8) is 0 Å². The molecule has 12 rings (SSSR count). The molecule has 0 aromatic heterocycles. The van der Waals surface area contributed by atoms with Crippen molar-refractivity contribution < 1.29 is 0 Å². The molecule has 2 nitrogen and oxygen atoms in total. The smallest absolute Gasteiger partial charge is 0.0534 e. The van der Waals surface area contributed by atoms with E-state index in [4.69, 9.17) is 0 Å². The minimum atomic E-state index is -0.0839. The highest BCUT2D eigenvalue weighted by Crippen LogP contribution is 2.58. The Morgan fingerprint density at radius 3 is 1.67 bits per heavy atom. The van der Waals surface area contributed by atoms with Crippen LogP contribution in [0.25, 0.3) is 46.6 Å². The lowest BCUT2D eigenvalue weighted by atomic mass is 9.67. The fourth-order valence-corrected chi connectivity index (χ4v) is 11.7. The molecule has 7 aromatic rings. The van der Waals surface area contributed by atoms with E-state index in [-0.39, 0.29) is 10.8 Å². The van der Waals surface area contributed by atoms with Gasteiger partial charge in [0, 0.05) is 34.4 Å². The van der Waals surface area contributed by atoms with E-state index in [2.05, 4.69) is 194 Å². The van der Waals surface area contributed by atoms with Crippen LogP contribution in [0.15, 0.2) is 146 Å². The van der Waals surface area contributed by atoms with Crippen molar-refractivity contribution in [3.05, 3.63) is 196 Å². The minimum Gasteiger partial charge on any atom is -0.341 e. The molecule has 0 N–H and O–H groups in total. The molecular formula is C58H50N2. The maximum Gasteiger partial charge on any atom is 0.0534 e. The molecule has 0 radical (unpaired) electrons. The molecule has 1 saturated carbocycles. The van der Waals surface area contributed by atoms with Gasteiger partial charge in [-0.15, -0.1) is 0 Å². The Kier molecular flexibility index (Phi) is 8.05. The van der Waals surface area contributed by atoms with Crippen molar-refractivity contribution in [2.24, 2.45) is 0 Å². The van der Waals surface area contributed by atoms with Crippen LogP contribution in [0.1, 0.15) is 102 Å². The second-order valence-electron chi connectivity index (χ2n) is 18.3. The average Bonchev–Trinajstić information content (AvgIpc) is 3.58. The maximum absolute atomic E-state index is 2.55. The van der Waals surface area contributed by atoms with E-state index in [1.54, 1.807) is 0 Å². The molecule has 2 heteroatoms. The Hall–Kier alpha value is -6.38. The summed E-state index contributed by atoms with van der Waals surface area (Å²) in [5, 5.41) is 0. The number of fused-ring (bicyclic) bond motifs is 11. The van der Waals surface area contributed by atoms with Gasteiger partial charge in [-0.25, -0.2) is 0 Å². The molecule has 1 fully saturated rings. The number of hydrogen-bond donors (Lipinski definition) is 0. The predicted molar refractivity (Wildman–Crippen MR) is 254 cm³/mol. The monoisotopic (exact) mass is 774 g/mol. The fraction of sp³-hybridized carbons (Fsp3) is 0.207. The lowest BCUT2D eigenvalue weighted by Crippen LogP contribution is -2.28. The van der Waals surface area contributed by atoms with Crippen molar-refractivity contribution in [3.8, 4) is 22.3 Å². The quantitative estimate of drug-likeness (QED) is 0.164. The van der Waals surface area contributed by atoms with E-state index in [1.165, 1.54) is 139 Å². The Labute approximate surface area is 355 Å². The molecule has 0 bridgehead atoms. The first-order valence-electron chi connectivity index (χ1n) is 22.3. The van der Waals surface area contributed by atoms with Gasteiger partial charge in [0.2, 0.25) is 0 Å². The number of rotatable bonds is 4. The molecule has 2 aliphatic heterocycles. The Morgan fingerprint density at radius 1 is 0.467 bits per heavy atom. The van der Waals surface area contributed by atoms with Crippen LogP contribution in [-0.4, -0.2) is 6.54 Å². The minimum absolute atomic E-state index is 0.0322. The second-order valence-corrected chi connectivity index (χ2v) is 18.3. The Balaban J connectivity index is 0.874. The van der Waals surface area contributed by atoms with Crippen molar-refractivity contribution in [1.29, 1.82) is 0 Å². The zero-order chi connectivity index (χ0) is 40.0. The fourth-order valence-electron chi connectivity index (χ4n) is 11.7. The number of hydrogen-bond acceptors (Lipinski definition) is 2. The van der Waals surface area contributed by atoms with Crippen molar-refractivity contribution >= 4 is 52.7 Å². The number of anilines is 5. The predicted octanol–water partition coefficient (Wildman–Crippen LogP) is 15.4. The van der Waals surface area contributed by atoms with Crippen LogP contribution in [0.5, 0.6) is 0 Å². The molecule has 5 aliphatic rings. The average molecular weight is 775 g/mol. The first-order valence-corrected chi connectivity index (χ1v) is 22.3. The van der Waals surface area contributed by atoms with Gasteiger partial charge >= 0.3 is 0 Å². The molecule has 292 valence electrons. The first-order chi connectivity index (χ1) is 29.5. The summed E-state index contributed by atoms with van der Waals surface area (Å²) in [4.78, 5) is 5.02. The third-order valence-electron chi connectivity index (χ3n) is 14.7.